The monoisotopic (exact) mass is 248 g/mol. The van der Waals surface area contributed by atoms with Gasteiger partial charge in [0.1, 0.15) is 0 Å². The topological polar surface area (TPSA) is 34.1 Å². The van der Waals surface area contributed by atoms with Crippen molar-refractivity contribution in [1.82, 2.24) is 0 Å². The molecule has 0 aliphatic carbocycles. The summed E-state index contributed by atoms with van der Waals surface area (Å²) >= 11 is 0. The highest BCUT2D eigenvalue weighted by Gasteiger charge is 2.32. The molecule has 0 bridgehead atoms. The Bertz CT molecular complexity index is 278. The largest absolute Gasteiger partial charge is 0.228 e. The molecule has 2 nitrogen and oxygen atoms in total. The lowest BCUT2D eigenvalue weighted by Crippen LogP contribution is -2.33. The second kappa shape index (κ2) is 6.63. The van der Waals surface area contributed by atoms with Crippen LogP contribution in [0.25, 0.3) is 0 Å². The summed E-state index contributed by atoms with van der Waals surface area (Å²) in [5.74, 6) is 0.898. The first-order valence-corrected chi connectivity index (χ1v) is 8.14. The fourth-order valence-corrected chi connectivity index (χ4v) is 3.05. The Morgan fingerprint density at radius 2 is 1.69 bits per heavy atom. The van der Waals surface area contributed by atoms with Gasteiger partial charge < -0.3 is 0 Å². The van der Waals surface area contributed by atoms with Crippen molar-refractivity contribution in [2.24, 2.45) is 5.92 Å². The van der Waals surface area contributed by atoms with Crippen LogP contribution in [0.15, 0.2) is 0 Å². The highest BCUT2D eigenvalue weighted by atomic mass is 32.2. The maximum atomic E-state index is 11.8. The van der Waals surface area contributed by atoms with Crippen LogP contribution < -0.4 is 0 Å². The molecule has 0 N–H and O–H groups in total. The average molecular weight is 248 g/mol. The number of sulfone groups is 1. The first-order chi connectivity index (χ1) is 7.27. The zero-order chi connectivity index (χ0) is 12.8. The first kappa shape index (κ1) is 16.0. The van der Waals surface area contributed by atoms with Crippen molar-refractivity contribution in [3.8, 4) is 0 Å². The normalized spacial score (nSPS) is 15.1. The number of unbranched alkanes of at least 4 members (excludes halogenated alkanes) is 1. The fraction of sp³-hybridized carbons (Fsp3) is 1.00. The van der Waals surface area contributed by atoms with Gasteiger partial charge >= 0.3 is 0 Å². The predicted octanol–water partition coefficient (Wildman–Crippen LogP) is 3.81. The molecule has 0 aromatic carbocycles. The molecule has 3 heteroatoms. The Hall–Kier alpha value is -0.0500. The Balaban J connectivity index is 4.19. The second-order valence-corrected chi connectivity index (χ2v) is 8.36. The maximum absolute atomic E-state index is 11.8. The minimum Gasteiger partial charge on any atom is -0.228 e. The van der Waals surface area contributed by atoms with Gasteiger partial charge in [0.15, 0.2) is 9.84 Å². The second-order valence-electron chi connectivity index (χ2n) is 5.45. The van der Waals surface area contributed by atoms with Crippen molar-refractivity contribution in [1.29, 1.82) is 0 Å². The van der Waals surface area contributed by atoms with E-state index in [0.717, 1.165) is 12.8 Å². The van der Waals surface area contributed by atoms with Crippen LogP contribution in [0.2, 0.25) is 0 Å². The SMILES string of the molecule is CCCCC(C)CCC(C)(C)S(=O)(=O)CC. The molecule has 0 saturated heterocycles. The van der Waals surface area contributed by atoms with Gasteiger partial charge in [-0.2, -0.15) is 0 Å². The molecule has 0 fully saturated rings. The molecule has 0 aromatic heterocycles. The van der Waals surface area contributed by atoms with Crippen molar-refractivity contribution in [3.63, 3.8) is 0 Å². The maximum Gasteiger partial charge on any atom is 0.155 e. The Labute approximate surface area is 102 Å². The van der Waals surface area contributed by atoms with E-state index in [1.165, 1.54) is 19.3 Å². The van der Waals surface area contributed by atoms with E-state index in [1.54, 1.807) is 6.92 Å². The molecule has 0 aliphatic heterocycles. The molecule has 0 rings (SSSR count). The molecule has 0 aliphatic rings. The highest BCUT2D eigenvalue weighted by Crippen LogP contribution is 2.26. The van der Waals surface area contributed by atoms with Crippen molar-refractivity contribution >= 4 is 9.84 Å². The first-order valence-electron chi connectivity index (χ1n) is 6.49. The predicted molar refractivity (Wildman–Crippen MR) is 71.5 cm³/mol. The molecule has 0 amide bonds. The standard InChI is InChI=1S/C13H28O2S/c1-6-8-9-12(3)10-11-13(4,5)16(14,15)7-2/h12H,6-11H2,1-5H3. The molecule has 1 atom stereocenters. The summed E-state index contributed by atoms with van der Waals surface area (Å²) in [7, 11) is -2.91. The van der Waals surface area contributed by atoms with E-state index in [2.05, 4.69) is 13.8 Å². The minimum atomic E-state index is -2.91. The Morgan fingerprint density at radius 3 is 2.12 bits per heavy atom. The van der Waals surface area contributed by atoms with E-state index >= 15 is 0 Å². The minimum absolute atomic E-state index is 0.253. The molecule has 16 heavy (non-hydrogen) atoms. The number of hydrogen-bond acceptors (Lipinski definition) is 2. The summed E-state index contributed by atoms with van der Waals surface area (Å²) in [6, 6.07) is 0. The third-order valence-corrected chi connectivity index (χ3v) is 6.16. The summed E-state index contributed by atoms with van der Waals surface area (Å²) < 4.78 is 23.1. The Kier molecular flexibility index (Phi) is 6.61. The molecule has 0 spiro atoms. The molecule has 0 heterocycles. The van der Waals surface area contributed by atoms with Crippen LogP contribution in [0.1, 0.15) is 66.7 Å². The van der Waals surface area contributed by atoms with Crippen LogP contribution in [0, 0.1) is 5.92 Å². The zero-order valence-corrected chi connectivity index (χ0v) is 12.4. The molecular weight excluding hydrogens is 220 g/mol. The van der Waals surface area contributed by atoms with E-state index in [4.69, 9.17) is 0 Å². The van der Waals surface area contributed by atoms with Crippen LogP contribution >= 0.6 is 0 Å². The van der Waals surface area contributed by atoms with Crippen molar-refractivity contribution in [3.05, 3.63) is 0 Å². The lowest BCUT2D eigenvalue weighted by molar-refractivity contribution is 0.420. The van der Waals surface area contributed by atoms with Crippen molar-refractivity contribution < 1.29 is 8.42 Å². The van der Waals surface area contributed by atoms with Crippen LogP contribution in [0.3, 0.4) is 0 Å². The van der Waals surface area contributed by atoms with Gasteiger partial charge in [0.25, 0.3) is 0 Å². The lowest BCUT2D eigenvalue weighted by Gasteiger charge is -2.25. The summed E-state index contributed by atoms with van der Waals surface area (Å²) in [6.07, 6.45) is 5.50. The molecule has 98 valence electrons. The quantitative estimate of drug-likeness (QED) is 0.654. The van der Waals surface area contributed by atoms with Crippen LogP contribution in [-0.2, 0) is 9.84 Å². The van der Waals surface area contributed by atoms with Gasteiger partial charge in [-0.15, -0.1) is 0 Å². The lowest BCUT2D eigenvalue weighted by atomic mass is 9.95. The summed E-state index contributed by atoms with van der Waals surface area (Å²) in [5, 5.41) is 0. The third-order valence-electron chi connectivity index (χ3n) is 3.51. The van der Waals surface area contributed by atoms with Gasteiger partial charge in [-0.3, -0.25) is 0 Å². The van der Waals surface area contributed by atoms with Crippen LogP contribution in [0.4, 0.5) is 0 Å². The zero-order valence-electron chi connectivity index (χ0n) is 11.5. The fourth-order valence-electron chi connectivity index (χ4n) is 1.84. The van der Waals surface area contributed by atoms with Gasteiger partial charge in [-0.05, 0) is 32.6 Å². The van der Waals surface area contributed by atoms with Crippen molar-refractivity contribution in [2.45, 2.75) is 71.5 Å². The highest BCUT2D eigenvalue weighted by molar-refractivity contribution is 7.92. The van der Waals surface area contributed by atoms with Gasteiger partial charge in [0.05, 0.1) is 4.75 Å². The van der Waals surface area contributed by atoms with Gasteiger partial charge in [0, 0.05) is 5.75 Å². The van der Waals surface area contributed by atoms with E-state index in [-0.39, 0.29) is 5.75 Å². The summed E-state index contributed by atoms with van der Waals surface area (Å²) in [6.45, 7) is 9.87. The van der Waals surface area contributed by atoms with E-state index < -0.39 is 14.6 Å². The smallest absolute Gasteiger partial charge is 0.155 e. The van der Waals surface area contributed by atoms with Crippen molar-refractivity contribution in [2.75, 3.05) is 5.75 Å². The van der Waals surface area contributed by atoms with Gasteiger partial charge in [-0.1, -0.05) is 40.0 Å². The number of hydrogen-bond donors (Lipinski definition) is 0. The van der Waals surface area contributed by atoms with Crippen LogP contribution in [-0.4, -0.2) is 18.9 Å². The molecule has 0 saturated carbocycles. The number of rotatable bonds is 8. The molecule has 1 unspecified atom stereocenters. The Morgan fingerprint density at radius 1 is 1.12 bits per heavy atom. The third kappa shape index (κ3) is 4.86. The summed E-state index contributed by atoms with van der Waals surface area (Å²) in [4.78, 5) is 0. The van der Waals surface area contributed by atoms with Crippen LogP contribution in [0.5, 0.6) is 0 Å². The molecule has 0 radical (unpaired) electrons. The van der Waals surface area contributed by atoms with Gasteiger partial charge in [-0.25, -0.2) is 8.42 Å². The van der Waals surface area contributed by atoms with Gasteiger partial charge in [0.2, 0.25) is 0 Å². The molecule has 0 aromatic rings. The average Bonchev–Trinajstić information content (AvgIpc) is 2.23. The van der Waals surface area contributed by atoms with E-state index in [0.29, 0.717) is 5.92 Å². The van der Waals surface area contributed by atoms with E-state index in [1.807, 2.05) is 13.8 Å². The van der Waals surface area contributed by atoms with E-state index in [9.17, 15) is 8.42 Å². The summed E-state index contributed by atoms with van der Waals surface area (Å²) in [5.41, 5.74) is 0. The molecular formula is C13H28O2S.